The first-order valence-corrected chi connectivity index (χ1v) is 15.5. The molecule has 13 heteroatoms. The maximum absolute atomic E-state index is 15.3. The van der Waals surface area contributed by atoms with Crippen molar-refractivity contribution in [3.63, 3.8) is 0 Å². The van der Waals surface area contributed by atoms with Crippen molar-refractivity contribution in [1.29, 1.82) is 0 Å². The van der Waals surface area contributed by atoms with E-state index < -0.39 is 72.0 Å². The van der Waals surface area contributed by atoms with Crippen LogP contribution in [0.1, 0.15) is 59.3 Å². The summed E-state index contributed by atoms with van der Waals surface area (Å²) >= 11 is 6.14. The molecule has 3 saturated heterocycles. The third-order valence-corrected chi connectivity index (χ3v) is 8.71. The van der Waals surface area contributed by atoms with Gasteiger partial charge in [0, 0.05) is 35.6 Å². The van der Waals surface area contributed by atoms with E-state index in [2.05, 4.69) is 16.0 Å². The Balaban J connectivity index is 1.65. The van der Waals surface area contributed by atoms with Gasteiger partial charge in [0.1, 0.15) is 12.1 Å². The number of alkyl halides is 2. The van der Waals surface area contributed by atoms with Crippen LogP contribution in [0.25, 0.3) is 0 Å². The quantitative estimate of drug-likeness (QED) is 0.227. The van der Waals surface area contributed by atoms with E-state index in [0.717, 1.165) is 6.08 Å². The Morgan fingerprint density at radius 3 is 2.59 bits per heavy atom. The summed E-state index contributed by atoms with van der Waals surface area (Å²) in [5.74, 6) is -9.42. The highest BCUT2D eigenvalue weighted by atomic mass is 35.5. The monoisotopic (exact) mass is 640 g/mol. The minimum absolute atomic E-state index is 0.0266. The number of esters is 1. The molecule has 6 atom stereocenters. The topological polar surface area (TPSA) is 117 Å². The van der Waals surface area contributed by atoms with E-state index in [1.165, 1.54) is 11.8 Å². The Labute approximate surface area is 260 Å². The van der Waals surface area contributed by atoms with Crippen molar-refractivity contribution >= 4 is 41.0 Å². The molecule has 1 aromatic carbocycles. The lowest BCUT2D eigenvalue weighted by atomic mass is 9.71. The number of nitrogens with one attached hydrogen (secondary N) is 3. The van der Waals surface area contributed by atoms with Gasteiger partial charge in [-0.05, 0) is 69.2 Å². The zero-order valence-electron chi connectivity index (χ0n) is 25.1. The molecule has 44 heavy (non-hydrogen) atoms. The number of nitrogens with zero attached hydrogens (tertiary/aromatic N) is 1. The number of carbonyl (C=O) groups is 4. The van der Waals surface area contributed by atoms with Crippen LogP contribution in [-0.4, -0.2) is 71.8 Å². The van der Waals surface area contributed by atoms with Gasteiger partial charge in [0.2, 0.25) is 23.5 Å². The summed E-state index contributed by atoms with van der Waals surface area (Å²) in [5.41, 5.74) is 0.569. The highest BCUT2D eigenvalue weighted by molar-refractivity contribution is 6.30. The number of halogens is 4. The predicted octanol–water partition coefficient (Wildman–Crippen LogP) is 4.61. The summed E-state index contributed by atoms with van der Waals surface area (Å²) in [4.78, 5) is 53.7. The summed E-state index contributed by atoms with van der Waals surface area (Å²) in [7, 11) is 0. The Bertz CT molecular complexity index is 1280. The van der Waals surface area contributed by atoms with E-state index in [-0.39, 0.29) is 31.3 Å². The number of hydrogen-bond acceptors (Lipinski definition) is 6. The molecule has 4 fully saturated rings. The molecule has 0 aromatic heterocycles. The second-order valence-electron chi connectivity index (χ2n) is 12.2. The van der Waals surface area contributed by atoms with Crippen molar-refractivity contribution in [2.75, 3.05) is 18.5 Å². The standard InChI is InChI=1S/C31H40ClF3N4O5/c1-4-44-30(43)24(33)15-21(13-18-10-11-36-27(18)40)38-28(41)26-23-9-8-22(16-31(23,34)35)39(26)29(42)25(12-17(2)3)37-20-7-5-6-19(32)14-20/h5-7,14-15,17-18,21-23,25-26,37H,4,8-13,16H2,1-3H3,(H,36,40)(H,38,41)/b24-15-/t18-,21+,22-,23-,25-,26-/m1/s1. The molecule has 3 N–H and O–H groups in total. The second-order valence-corrected chi connectivity index (χ2v) is 12.6. The molecule has 9 nitrogen and oxygen atoms in total. The Morgan fingerprint density at radius 1 is 1.23 bits per heavy atom. The zero-order valence-corrected chi connectivity index (χ0v) is 25.8. The van der Waals surface area contributed by atoms with Crippen LogP contribution in [0.2, 0.25) is 5.02 Å². The van der Waals surface area contributed by atoms with Crippen molar-refractivity contribution in [3.8, 4) is 0 Å². The van der Waals surface area contributed by atoms with Gasteiger partial charge in [-0.2, -0.15) is 4.39 Å². The number of carbonyl (C=O) groups excluding carboxylic acids is 4. The normalized spacial score (nSPS) is 25.8. The number of hydrogen-bond donors (Lipinski definition) is 3. The van der Waals surface area contributed by atoms with Gasteiger partial charge >= 0.3 is 5.97 Å². The lowest BCUT2D eigenvalue weighted by Gasteiger charge is -2.54. The van der Waals surface area contributed by atoms with Crippen LogP contribution >= 0.6 is 11.6 Å². The van der Waals surface area contributed by atoms with Crippen LogP contribution in [-0.2, 0) is 23.9 Å². The molecule has 1 saturated carbocycles. The van der Waals surface area contributed by atoms with Gasteiger partial charge < -0.3 is 25.6 Å². The highest BCUT2D eigenvalue weighted by Gasteiger charge is 2.61. The second kappa shape index (κ2) is 14.2. The number of ether oxygens (including phenoxy) is 1. The summed E-state index contributed by atoms with van der Waals surface area (Å²) in [6, 6.07) is 2.33. The van der Waals surface area contributed by atoms with E-state index in [0.29, 0.717) is 36.5 Å². The van der Waals surface area contributed by atoms with Crippen molar-refractivity contribution < 1.29 is 37.1 Å². The van der Waals surface area contributed by atoms with Crippen molar-refractivity contribution in [1.82, 2.24) is 15.5 Å². The number of benzene rings is 1. The van der Waals surface area contributed by atoms with E-state index in [4.69, 9.17) is 16.3 Å². The first kappa shape index (κ1) is 33.6. The molecule has 3 amide bonds. The van der Waals surface area contributed by atoms with Crippen LogP contribution in [0, 0.1) is 17.8 Å². The fourth-order valence-electron chi connectivity index (χ4n) is 6.53. The van der Waals surface area contributed by atoms with Gasteiger partial charge in [-0.15, -0.1) is 0 Å². The largest absolute Gasteiger partial charge is 0.461 e. The molecule has 4 aliphatic rings. The number of piperidine rings is 2. The first-order valence-electron chi connectivity index (χ1n) is 15.1. The fraction of sp³-hybridized carbons (Fsp3) is 0.613. The van der Waals surface area contributed by atoms with Crippen molar-refractivity contribution in [3.05, 3.63) is 41.2 Å². The number of amides is 3. The summed E-state index contributed by atoms with van der Waals surface area (Å²) in [6.07, 6.45) is 1.32. The molecule has 2 bridgehead atoms. The SMILES string of the molecule is CCOC(=O)/C(F)=C/[C@H](C[C@H]1CCNC1=O)NC(=O)[C@H]1[C@H]2CC[C@H](CC2(F)F)N1C(=O)[C@@H](CC(C)C)Nc1cccc(Cl)c1. The van der Waals surface area contributed by atoms with E-state index in [1.807, 2.05) is 13.8 Å². The molecule has 1 aromatic rings. The molecular formula is C31H40ClF3N4O5. The summed E-state index contributed by atoms with van der Waals surface area (Å²) < 4.78 is 50.1. The smallest absolute Gasteiger partial charge is 0.366 e. The van der Waals surface area contributed by atoms with E-state index in [9.17, 15) is 23.6 Å². The Hall–Kier alpha value is -3.28. The number of fused-ring (bicyclic) bond motifs is 3. The van der Waals surface area contributed by atoms with Gasteiger partial charge in [-0.25, -0.2) is 13.6 Å². The van der Waals surface area contributed by atoms with E-state index >= 15 is 8.78 Å². The molecule has 0 spiro atoms. The summed E-state index contributed by atoms with van der Waals surface area (Å²) in [6.45, 7) is 5.67. The predicted molar refractivity (Wildman–Crippen MR) is 159 cm³/mol. The number of rotatable bonds is 12. The van der Waals surface area contributed by atoms with Crippen molar-refractivity contribution in [2.24, 2.45) is 17.8 Å². The lowest BCUT2D eigenvalue weighted by Crippen LogP contribution is -2.70. The molecule has 0 radical (unpaired) electrons. The van der Waals surface area contributed by atoms with E-state index in [1.54, 1.807) is 24.3 Å². The van der Waals surface area contributed by atoms with Gasteiger partial charge in [-0.1, -0.05) is 31.5 Å². The van der Waals surface area contributed by atoms with Gasteiger partial charge in [0.05, 0.1) is 18.6 Å². The first-order chi connectivity index (χ1) is 20.8. The molecular weight excluding hydrogens is 601 g/mol. The zero-order chi connectivity index (χ0) is 32.2. The fourth-order valence-corrected chi connectivity index (χ4v) is 6.72. The average molecular weight is 641 g/mol. The minimum atomic E-state index is -3.21. The Morgan fingerprint density at radius 2 is 1.98 bits per heavy atom. The maximum atomic E-state index is 15.3. The average Bonchev–Trinajstić information content (AvgIpc) is 3.35. The van der Waals surface area contributed by atoms with Gasteiger partial charge in [0.25, 0.3) is 5.92 Å². The van der Waals surface area contributed by atoms with Gasteiger partial charge in [-0.3, -0.25) is 14.4 Å². The molecule has 242 valence electrons. The molecule has 3 aliphatic heterocycles. The van der Waals surface area contributed by atoms with Crippen molar-refractivity contribution in [2.45, 2.75) is 89.4 Å². The molecule has 3 heterocycles. The maximum Gasteiger partial charge on any atom is 0.366 e. The third-order valence-electron chi connectivity index (χ3n) is 8.48. The lowest BCUT2D eigenvalue weighted by molar-refractivity contribution is -0.194. The van der Waals surface area contributed by atoms with Crippen LogP contribution < -0.4 is 16.0 Å². The molecule has 1 aliphatic carbocycles. The van der Waals surface area contributed by atoms with Crippen LogP contribution in [0.15, 0.2) is 36.2 Å². The highest BCUT2D eigenvalue weighted by Crippen LogP contribution is 2.49. The Kier molecular flexibility index (Phi) is 10.9. The van der Waals surface area contributed by atoms with Gasteiger partial charge in [0.15, 0.2) is 0 Å². The molecule has 0 unspecified atom stereocenters. The van der Waals surface area contributed by atoms with Crippen LogP contribution in [0.5, 0.6) is 0 Å². The molecule has 5 rings (SSSR count). The number of anilines is 1. The third kappa shape index (κ3) is 7.86. The van der Waals surface area contributed by atoms with Crippen LogP contribution in [0.4, 0.5) is 18.9 Å². The summed E-state index contributed by atoms with van der Waals surface area (Å²) in [5, 5.41) is 8.90. The minimum Gasteiger partial charge on any atom is -0.461 e. The van der Waals surface area contributed by atoms with Crippen LogP contribution in [0.3, 0.4) is 0 Å².